The summed E-state index contributed by atoms with van der Waals surface area (Å²) in [5.74, 6) is 0. The molecule has 0 saturated carbocycles. The van der Waals surface area contributed by atoms with Crippen molar-refractivity contribution in [3.8, 4) is 0 Å². The highest BCUT2D eigenvalue weighted by Gasteiger charge is 2.33. The van der Waals surface area contributed by atoms with E-state index in [1.54, 1.807) is 10.9 Å². The van der Waals surface area contributed by atoms with Gasteiger partial charge in [0.1, 0.15) is 5.60 Å². The van der Waals surface area contributed by atoms with Crippen molar-refractivity contribution >= 4 is 11.6 Å². The molecule has 1 aliphatic carbocycles. The van der Waals surface area contributed by atoms with Crippen LogP contribution in [0.15, 0.2) is 18.3 Å². The van der Waals surface area contributed by atoms with E-state index < -0.39 is 5.60 Å². The van der Waals surface area contributed by atoms with E-state index in [1.807, 2.05) is 19.1 Å². The highest BCUT2D eigenvalue weighted by molar-refractivity contribution is 6.31. The number of aryl methyl sites for hydroxylation is 1. The summed E-state index contributed by atoms with van der Waals surface area (Å²) < 4.78 is 1.76. The Morgan fingerprint density at radius 3 is 3.07 bits per heavy atom. The molecule has 1 aliphatic rings. The molecular formula is C11H15ClN2O. The Morgan fingerprint density at radius 2 is 2.47 bits per heavy atom. The summed E-state index contributed by atoms with van der Waals surface area (Å²) in [6, 6.07) is 0. The second-order valence-corrected chi connectivity index (χ2v) is 4.28. The molecule has 1 unspecified atom stereocenters. The van der Waals surface area contributed by atoms with Crippen LogP contribution in [-0.2, 0) is 12.1 Å². The zero-order valence-electron chi connectivity index (χ0n) is 8.78. The van der Waals surface area contributed by atoms with Crippen LogP contribution >= 0.6 is 11.6 Å². The van der Waals surface area contributed by atoms with Gasteiger partial charge in [0.25, 0.3) is 0 Å². The van der Waals surface area contributed by atoms with Gasteiger partial charge in [-0.2, -0.15) is 5.10 Å². The van der Waals surface area contributed by atoms with Gasteiger partial charge in [-0.25, -0.2) is 0 Å². The second-order valence-electron chi connectivity index (χ2n) is 3.88. The number of hydrogen-bond acceptors (Lipinski definition) is 2. The number of nitrogens with zero attached hydrogens (tertiary/aromatic N) is 2. The van der Waals surface area contributed by atoms with Crippen molar-refractivity contribution < 1.29 is 5.11 Å². The minimum atomic E-state index is -0.929. The van der Waals surface area contributed by atoms with E-state index in [4.69, 9.17) is 11.6 Å². The zero-order chi connectivity index (χ0) is 10.9. The second kappa shape index (κ2) is 3.99. The van der Waals surface area contributed by atoms with Crippen LogP contribution < -0.4 is 0 Å². The van der Waals surface area contributed by atoms with Gasteiger partial charge in [-0.15, -0.1) is 0 Å². The first-order valence-corrected chi connectivity index (χ1v) is 5.67. The number of aromatic nitrogens is 2. The van der Waals surface area contributed by atoms with Crippen molar-refractivity contribution in [1.29, 1.82) is 0 Å². The molecule has 0 saturated heterocycles. The van der Waals surface area contributed by atoms with E-state index in [9.17, 15) is 5.11 Å². The van der Waals surface area contributed by atoms with Gasteiger partial charge in [0.2, 0.25) is 0 Å². The summed E-state index contributed by atoms with van der Waals surface area (Å²) in [5, 5.41) is 15.2. The summed E-state index contributed by atoms with van der Waals surface area (Å²) in [5.41, 5.74) is -0.204. The number of hydrogen-bond donors (Lipinski definition) is 1. The normalized spacial score (nSPS) is 25.8. The van der Waals surface area contributed by atoms with Crippen LogP contribution in [0.3, 0.4) is 0 Å². The Labute approximate surface area is 94.4 Å². The van der Waals surface area contributed by atoms with Crippen molar-refractivity contribution in [2.75, 3.05) is 0 Å². The lowest BCUT2D eigenvalue weighted by molar-refractivity contribution is 0.0631. The van der Waals surface area contributed by atoms with E-state index in [0.29, 0.717) is 5.02 Å². The summed E-state index contributed by atoms with van der Waals surface area (Å²) in [7, 11) is 0. The third-order valence-electron chi connectivity index (χ3n) is 2.83. The lowest BCUT2D eigenvalue weighted by Gasteiger charge is -2.28. The maximum absolute atomic E-state index is 10.5. The van der Waals surface area contributed by atoms with Gasteiger partial charge in [0, 0.05) is 6.54 Å². The van der Waals surface area contributed by atoms with Gasteiger partial charge in [-0.05, 0) is 26.2 Å². The maximum Gasteiger partial charge on any atom is 0.126 e. The molecule has 0 radical (unpaired) electrons. The number of aliphatic hydroxyl groups is 1. The van der Waals surface area contributed by atoms with Crippen LogP contribution in [0.25, 0.3) is 0 Å². The van der Waals surface area contributed by atoms with Crippen LogP contribution in [0.4, 0.5) is 0 Å². The van der Waals surface area contributed by atoms with Crippen molar-refractivity contribution in [3.63, 3.8) is 0 Å². The minimum Gasteiger partial charge on any atom is -0.379 e. The predicted octanol–water partition coefficient (Wildman–Crippen LogP) is 2.48. The van der Waals surface area contributed by atoms with E-state index in [0.717, 1.165) is 31.5 Å². The molecule has 3 nitrogen and oxygen atoms in total. The van der Waals surface area contributed by atoms with Crippen LogP contribution in [0.2, 0.25) is 5.02 Å². The van der Waals surface area contributed by atoms with Crippen molar-refractivity contribution in [1.82, 2.24) is 9.78 Å². The highest BCUT2D eigenvalue weighted by Crippen LogP contribution is 2.36. The zero-order valence-corrected chi connectivity index (χ0v) is 9.54. The van der Waals surface area contributed by atoms with Crippen LogP contribution in [0.5, 0.6) is 0 Å². The Balaban J connectivity index is 2.46. The van der Waals surface area contributed by atoms with E-state index in [1.165, 1.54) is 0 Å². The molecule has 2 rings (SSSR count). The molecular weight excluding hydrogens is 212 g/mol. The SMILES string of the molecule is CCn1ncc(Cl)c1C1(O)C=CCCC1. The van der Waals surface area contributed by atoms with Gasteiger partial charge in [-0.1, -0.05) is 23.8 Å². The lowest BCUT2D eigenvalue weighted by Crippen LogP contribution is -2.28. The van der Waals surface area contributed by atoms with Crippen LogP contribution in [0, 0.1) is 0 Å². The fourth-order valence-corrected chi connectivity index (χ4v) is 2.39. The van der Waals surface area contributed by atoms with Crippen LogP contribution in [-0.4, -0.2) is 14.9 Å². The largest absolute Gasteiger partial charge is 0.379 e. The van der Waals surface area contributed by atoms with Gasteiger partial charge < -0.3 is 5.11 Å². The molecule has 1 N–H and O–H groups in total. The Morgan fingerprint density at radius 1 is 1.67 bits per heavy atom. The summed E-state index contributed by atoms with van der Waals surface area (Å²) >= 11 is 6.07. The number of halogens is 1. The third-order valence-corrected chi connectivity index (χ3v) is 3.10. The maximum atomic E-state index is 10.5. The topological polar surface area (TPSA) is 38.0 Å². The molecule has 1 aromatic rings. The van der Waals surface area contributed by atoms with Crippen molar-refractivity contribution in [2.24, 2.45) is 0 Å². The molecule has 4 heteroatoms. The number of allylic oxidation sites excluding steroid dienone is 1. The molecule has 0 bridgehead atoms. The summed E-state index contributed by atoms with van der Waals surface area (Å²) in [6.45, 7) is 2.71. The smallest absolute Gasteiger partial charge is 0.126 e. The third kappa shape index (κ3) is 1.82. The quantitative estimate of drug-likeness (QED) is 0.787. The van der Waals surface area contributed by atoms with E-state index >= 15 is 0 Å². The first-order chi connectivity index (χ1) is 7.17. The molecule has 0 aromatic carbocycles. The van der Waals surface area contributed by atoms with Crippen molar-refractivity contribution in [3.05, 3.63) is 29.1 Å². The molecule has 0 amide bonds. The molecule has 0 aliphatic heterocycles. The van der Waals surface area contributed by atoms with E-state index in [-0.39, 0.29) is 0 Å². The Kier molecular flexibility index (Phi) is 2.85. The molecule has 0 fully saturated rings. The highest BCUT2D eigenvalue weighted by atomic mass is 35.5. The standard InChI is InChI=1S/C11H15ClN2O/c1-2-14-10(9(12)8-13-14)11(15)6-4-3-5-7-11/h4,6,8,15H,2-3,5,7H2,1H3. The molecule has 15 heavy (non-hydrogen) atoms. The first-order valence-electron chi connectivity index (χ1n) is 5.29. The van der Waals surface area contributed by atoms with Gasteiger partial charge >= 0.3 is 0 Å². The minimum absolute atomic E-state index is 0.547. The average molecular weight is 227 g/mol. The van der Waals surface area contributed by atoms with Gasteiger partial charge in [0.15, 0.2) is 0 Å². The van der Waals surface area contributed by atoms with Gasteiger partial charge in [-0.3, -0.25) is 4.68 Å². The summed E-state index contributed by atoms with van der Waals surface area (Å²) in [6.07, 6.45) is 8.17. The molecule has 1 atom stereocenters. The monoisotopic (exact) mass is 226 g/mol. The Hall–Kier alpha value is -0.800. The number of rotatable bonds is 2. The molecule has 0 spiro atoms. The molecule has 82 valence electrons. The van der Waals surface area contributed by atoms with Gasteiger partial charge in [0.05, 0.1) is 16.9 Å². The predicted molar refractivity (Wildman–Crippen MR) is 59.8 cm³/mol. The van der Waals surface area contributed by atoms with Crippen molar-refractivity contribution in [2.45, 2.75) is 38.3 Å². The van der Waals surface area contributed by atoms with Crippen LogP contribution in [0.1, 0.15) is 31.9 Å². The van der Waals surface area contributed by atoms with E-state index in [2.05, 4.69) is 5.10 Å². The molecule has 1 heterocycles. The molecule has 1 aromatic heterocycles. The fourth-order valence-electron chi connectivity index (χ4n) is 2.08. The lowest BCUT2D eigenvalue weighted by atomic mass is 9.88. The summed E-state index contributed by atoms with van der Waals surface area (Å²) in [4.78, 5) is 0. The average Bonchev–Trinajstić information content (AvgIpc) is 2.61. The fraction of sp³-hybridized carbons (Fsp3) is 0.545. The first kappa shape index (κ1) is 10.7. The Bertz CT molecular complexity index is 386.